The SMILES string of the molecule is CCOc1ccc([C@H]2C(=C(O)c3ccc(Cl)cc3)C(=O)C(=O)N2CCO)cc1. The third-order valence-corrected chi connectivity index (χ3v) is 4.76. The normalized spacial score (nSPS) is 18.5. The number of carbonyl (C=O) groups is 2. The molecule has 1 amide bonds. The Hall–Kier alpha value is -2.83. The van der Waals surface area contributed by atoms with Crippen LogP contribution in [0.15, 0.2) is 54.1 Å². The second-order valence-corrected chi connectivity index (χ2v) is 6.66. The maximum Gasteiger partial charge on any atom is 0.295 e. The summed E-state index contributed by atoms with van der Waals surface area (Å²) in [7, 11) is 0. The fourth-order valence-electron chi connectivity index (χ4n) is 3.24. The molecule has 7 heteroatoms. The maximum absolute atomic E-state index is 12.7. The van der Waals surface area contributed by atoms with Gasteiger partial charge in [-0.2, -0.15) is 0 Å². The molecule has 0 spiro atoms. The average molecular weight is 402 g/mol. The van der Waals surface area contributed by atoms with E-state index in [-0.39, 0.29) is 24.5 Å². The van der Waals surface area contributed by atoms with Gasteiger partial charge < -0.3 is 19.8 Å². The summed E-state index contributed by atoms with van der Waals surface area (Å²) in [6, 6.07) is 12.5. The molecule has 3 rings (SSSR count). The van der Waals surface area contributed by atoms with Crippen LogP contribution in [0.4, 0.5) is 0 Å². The second-order valence-electron chi connectivity index (χ2n) is 6.23. The molecule has 0 bridgehead atoms. The van der Waals surface area contributed by atoms with Crippen molar-refractivity contribution in [2.24, 2.45) is 0 Å². The first-order chi connectivity index (χ1) is 13.5. The van der Waals surface area contributed by atoms with Crippen molar-refractivity contribution < 1.29 is 24.5 Å². The van der Waals surface area contributed by atoms with Crippen LogP contribution in [-0.4, -0.2) is 46.6 Å². The molecule has 1 saturated heterocycles. The monoisotopic (exact) mass is 401 g/mol. The Bertz CT molecular complexity index is 905. The fourth-order valence-corrected chi connectivity index (χ4v) is 3.37. The van der Waals surface area contributed by atoms with Crippen molar-refractivity contribution in [1.29, 1.82) is 0 Å². The van der Waals surface area contributed by atoms with Gasteiger partial charge in [0.05, 0.1) is 24.8 Å². The first kappa shape index (κ1) is 19.9. The summed E-state index contributed by atoms with van der Waals surface area (Å²) in [4.78, 5) is 26.5. The zero-order valence-corrected chi connectivity index (χ0v) is 16.0. The lowest BCUT2D eigenvalue weighted by molar-refractivity contribution is -0.140. The van der Waals surface area contributed by atoms with Gasteiger partial charge in [0, 0.05) is 17.1 Å². The van der Waals surface area contributed by atoms with Crippen LogP contribution in [-0.2, 0) is 9.59 Å². The number of Topliss-reactive ketones (excluding diaryl/α,β-unsaturated/α-hetero) is 1. The summed E-state index contributed by atoms with van der Waals surface area (Å²) in [6.45, 7) is 2.05. The maximum atomic E-state index is 12.7. The lowest BCUT2D eigenvalue weighted by Gasteiger charge is -2.24. The molecule has 1 aliphatic heterocycles. The number of hydrogen-bond acceptors (Lipinski definition) is 5. The summed E-state index contributed by atoms with van der Waals surface area (Å²) in [5.74, 6) is -1.18. The van der Waals surface area contributed by atoms with E-state index in [1.807, 2.05) is 6.92 Å². The molecule has 28 heavy (non-hydrogen) atoms. The van der Waals surface area contributed by atoms with Gasteiger partial charge in [0.25, 0.3) is 11.7 Å². The van der Waals surface area contributed by atoms with Crippen LogP contribution in [0.1, 0.15) is 24.1 Å². The molecule has 1 atom stereocenters. The Morgan fingerprint density at radius 1 is 1.11 bits per heavy atom. The van der Waals surface area contributed by atoms with E-state index in [0.29, 0.717) is 28.5 Å². The van der Waals surface area contributed by atoms with Gasteiger partial charge in [0.2, 0.25) is 0 Å². The van der Waals surface area contributed by atoms with Crippen LogP contribution in [0.25, 0.3) is 5.76 Å². The van der Waals surface area contributed by atoms with Crippen LogP contribution >= 0.6 is 11.6 Å². The van der Waals surface area contributed by atoms with E-state index < -0.39 is 17.7 Å². The van der Waals surface area contributed by atoms with E-state index in [1.54, 1.807) is 48.5 Å². The van der Waals surface area contributed by atoms with E-state index in [2.05, 4.69) is 0 Å². The highest BCUT2D eigenvalue weighted by Crippen LogP contribution is 2.39. The largest absolute Gasteiger partial charge is 0.507 e. The predicted molar refractivity (Wildman–Crippen MR) is 105 cm³/mol. The third kappa shape index (κ3) is 3.74. The highest BCUT2D eigenvalue weighted by atomic mass is 35.5. The molecule has 2 aromatic rings. The second kappa shape index (κ2) is 8.46. The van der Waals surface area contributed by atoms with Crippen molar-refractivity contribution in [1.82, 2.24) is 4.90 Å². The highest BCUT2D eigenvalue weighted by Gasteiger charge is 2.45. The van der Waals surface area contributed by atoms with Crippen molar-refractivity contribution in [3.63, 3.8) is 0 Å². The number of hydrogen-bond donors (Lipinski definition) is 2. The standard InChI is InChI=1S/C21H20ClNO5/c1-2-28-16-9-5-13(6-10-16)18-17(20(26)21(27)23(18)11-12-24)19(25)14-3-7-15(22)8-4-14/h3-10,18,24-25H,2,11-12H2,1H3/t18-/m0/s1. The molecule has 0 aliphatic carbocycles. The summed E-state index contributed by atoms with van der Waals surface area (Å²) < 4.78 is 5.43. The van der Waals surface area contributed by atoms with E-state index in [0.717, 1.165) is 0 Å². The molecule has 1 fully saturated rings. The van der Waals surface area contributed by atoms with Crippen molar-refractivity contribution >= 4 is 29.1 Å². The number of halogens is 1. The van der Waals surface area contributed by atoms with Crippen LogP contribution in [0, 0.1) is 0 Å². The van der Waals surface area contributed by atoms with Crippen LogP contribution in [0.5, 0.6) is 5.75 Å². The number of carbonyl (C=O) groups excluding carboxylic acids is 2. The van der Waals surface area contributed by atoms with Gasteiger partial charge in [-0.3, -0.25) is 9.59 Å². The number of aliphatic hydroxyl groups is 2. The van der Waals surface area contributed by atoms with Gasteiger partial charge in [-0.1, -0.05) is 23.7 Å². The number of ketones is 1. The van der Waals surface area contributed by atoms with Gasteiger partial charge in [-0.15, -0.1) is 0 Å². The number of rotatable bonds is 6. The molecule has 0 saturated carbocycles. The zero-order chi connectivity index (χ0) is 20.3. The molecule has 1 heterocycles. The molecule has 0 radical (unpaired) electrons. The van der Waals surface area contributed by atoms with Gasteiger partial charge in [0.1, 0.15) is 11.5 Å². The van der Waals surface area contributed by atoms with E-state index in [4.69, 9.17) is 16.3 Å². The van der Waals surface area contributed by atoms with Crippen LogP contribution in [0.3, 0.4) is 0 Å². The molecular weight excluding hydrogens is 382 g/mol. The molecule has 1 aliphatic rings. The van der Waals surface area contributed by atoms with E-state index in [1.165, 1.54) is 4.90 Å². The minimum Gasteiger partial charge on any atom is -0.507 e. The molecule has 146 valence electrons. The van der Waals surface area contributed by atoms with Crippen LogP contribution < -0.4 is 4.74 Å². The van der Waals surface area contributed by atoms with Gasteiger partial charge in [-0.05, 0) is 48.9 Å². The lowest BCUT2D eigenvalue weighted by Crippen LogP contribution is -2.32. The number of aliphatic hydroxyl groups excluding tert-OH is 2. The van der Waals surface area contributed by atoms with Gasteiger partial charge >= 0.3 is 0 Å². The van der Waals surface area contributed by atoms with E-state index in [9.17, 15) is 19.8 Å². The van der Waals surface area contributed by atoms with Gasteiger partial charge in [-0.25, -0.2) is 0 Å². The Morgan fingerprint density at radius 3 is 2.32 bits per heavy atom. The highest BCUT2D eigenvalue weighted by molar-refractivity contribution is 6.46. The van der Waals surface area contributed by atoms with Crippen molar-refractivity contribution in [2.75, 3.05) is 19.8 Å². The summed E-state index contributed by atoms with van der Waals surface area (Å²) in [5.41, 5.74) is 0.985. The molecule has 0 aromatic heterocycles. The quantitative estimate of drug-likeness (QED) is 0.441. The van der Waals surface area contributed by atoms with Crippen molar-refractivity contribution in [3.8, 4) is 5.75 Å². The van der Waals surface area contributed by atoms with Gasteiger partial charge in [0.15, 0.2) is 0 Å². The van der Waals surface area contributed by atoms with Crippen molar-refractivity contribution in [3.05, 3.63) is 70.3 Å². The Morgan fingerprint density at radius 2 is 1.75 bits per heavy atom. The number of likely N-dealkylation sites (tertiary alicyclic amines) is 1. The first-order valence-corrected chi connectivity index (χ1v) is 9.23. The van der Waals surface area contributed by atoms with Crippen molar-refractivity contribution in [2.45, 2.75) is 13.0 Å². The Kier molecular flexibility index (Phi) is 6.02. The molecule has 2 N–H and O–H groups in total. The summed E-state index contributed by atoms with van der Waals surface area (Å²) in [6.07, 6.45) is 0. The smallest absolute Gasteiger partial charge is 0.295 e. The topological polar surface area (TPSA) is 87.1 Å². The predicted octanol–water partition coefficient (Wildman–Crippen LogP) is 3.15. The number of benzene rings is 2. The zero-order valence-electron chi connectivity index (χ0n) is 15.3. The summed E-state index contributed by atoms with van der Waals surface area (Å²) in [5, 5.41) is 20.7. The molecular formula is C21H20ClNO5. The number of ether oxygens (including phenoxy) is 1. The Labute approximate surface area is 167 Å². The molecule has 6 nitrogen and oxygen atoms in total. The molecule has 2 aromatic carbocycles. The number of amides is 1. The van der Waals surface area contributed by atoms with Crippen LogP contribution in [0.2, 0.25) is 5.02 Å². The third-order valence-electron chi connectivity index (χ3n) is 4.51. The summed E-state index contributed by atoms with van der Waals surface area (Å²) >= 11 is 5.89. The number of β-amino-alcohol motifs (C(OH)–C–C–N with tert-alkyl or cyclic N) is 1. The first-order valence-electron chi connectivity index (χ1n) is 8.86. The number of nitrogens with zero attached hydrogens (tertiary/aromatic N) is 1. The van der Waals surface area contributed by atoms with E-state index >= 15 is 0 Å². The average Bonchev–Trinajstić information content (AvgIpc) is 2.94. The lowest BCUT2D eigenvalue weighted by atomic mass is 9.95. The fraction of sp³-hybridized carbons (Fsp3) is 0.238. The molecule has 0 unspecified atom stereocenters. The Balaban J connectivity index is 2.11. The minimum atomic E-state index is -0.807. The minimum absolute atomic E-state index is 0.0232.